The smallest absolute Gasteiger partial charge is 0.263 e. The maximum atomic E-state index is 15.7. The standard InChI is InChI=1S/C31H24ClF2N7O3S/c1-3-40(2)31(42)19-16-41(24-10-6-4-8-18(19)24)26-15-14-23-29(37-26)30(36-17-35-23)38-28-21(33)12-13-22(27(28)34)39-45(43,44)25-11-7-5-9-20(25)32/h4-17,39H,3H2,1-2H3,(H,35,36,38). The number of sulfonamides is 1. The number of nitrogens with zero attached hydrogens (tertiary/aromatic N) is 5. The van der Waals surface area contributed by atoms with Crippen molar-refractivity contribution in [2.24, 2.45) is 0 Å². The van der Waals surface area contributed by atoms with Crippen LogP contribution in [0.4, 0.5) is 26.0 Å². The number of aromatic nitrogens is 4. The number of benzene rings is 3. The molecule has 10 nitrogen and oxygen atoms in total. The molecule has 0 bridgehead atoms. The number of pyridine rings is 1. The quantitative estimate of drug-likeness (QED) is 0.192. The van der Waals surface area contributed by atoms with Gasteiger partial charge in [0.2, 0.25) is 0 Å². The summed E-state index contributed by atoms with van der Waals surface area (Å²) in [5.41, 5.74) is 0.569. The number of nitrogens with one attached hydrogen (secondary N) is 2. The van der Waals surface area contributed by atoms with Gasteiger partial charge in [0.1, 0.15) is 34.1 Å². The predicted molar refractivity (Wildman–Crippen MR) is 169 cm³/mol. The third-order valence-electron chi connectivity index (χ3n) is 7.18. The van der Waals surface area contributed by atoms with E-state index >= 15 is 8.78 Å². The highest BCUT2D eigenvalue weighted by atomic mass is 35.5. The first-order valence-corrected chi connectivity index (χ1v) is 15.4. The van der Waals surface area contributed by atoms with Gasteiger partial charge >= 0.3 is 0 Å². The van der Waals surface area contributed by atoms with Crippen LogP contribution in [0, 0.1) is 11.6 Å². The van der Waals surface area contributed by atoms with Crippen LogP contribution < -0.4 is 10.0 Å². The predicted octanol–water partition coefficient (Wildman–Crippen LogP) is 6.54. The van der Waals surface area contributed by atoms with Crippen molar-refractivity contribution in [3.8, 4) is 5.82 Å². The average Bonchev–Trinajstić information content (AvgIpc) is 3.43. The van der Waals surface area contributed by atoms with Crippen LogP contribution in [0.1, 0.15) is 17.3 Å². The average molecular weight is 648 g/mol. The molecule has 0 aliphatic carbocycles. The number of halogens is 3. The molecule has 228 valence electrons. The number of para-hydroxylation sites is 1. The number of carbonyl (C=O) groups excluding carboxylic acids is 1. The van der Waals surface area contributed by atoms with Crippen molar-refractivity contribution in [1.82, 2.24) is 24.4 Å². The minimum atomic E-state index is -4.31. The molecular formula is C31H24ClF2N7O3S. The molecular weight excluding hydrogens is 624 g/mol. The number of anilines is 3. The number of hydrogen-bond donors (Lipinski definition) is 2. The summed E-state index contributed by atoms with van der Waals surface area (Å²) < 4.78 is 60.5. The van der Waals surface area contributed by atoms with E-state index in [1.807, 2.05) is 31.2 Å². The van der Waals surface area contributed by atoms with Crippen LogP contribution in [-0.4, -0.2) is 52.3 Å². The van der Waals surface area contributed by atoms with E-state index in [0.717, 1.165) is 23.0 Å². The second-order valence-electron chi connectivity index (χ2n) is 9.95. The molecule has 1 amide bonds. The number of rotatable bonds is 8. The summed E-state index contributed by atoms with van der Waals surface area (Å²) in [4.78, 5) is 27.5. The lowest BCUT2D eigenvalue weighted by atomic mass is 10.1. The fourth-order valence-electron chi connectivity index (χ4n) is 4.77. The SMILES string of the molecule is CCN(C)C(=O)c1cn(-c2ccc3ncnc(Nc4c(F)ccc(NS(=O)(=O)c5ccccc5Cl)c4F)c3n2)c2ccccc12. The minimum Gasteiger partial charge on any atom is -0.342 e. The molecule has 14 heteroatoms. The van der Waals surface area contributed by atoms with E-state index in [-0.39, 0.29) is 27.2 Å². The van der Waals surface area contributed by atoms with Gasteiger partial charge in [-0.05, 0) is 49.4 Å². The largest absolute Gasteiger partial charge is 0.342 e. The lowest BCUT2D eigenvalue weighted by Gasteiger charge is -2.15. The van der Waals surface area contributed by atoms with Gasteiger partial charge in [-0.25, -0.2) is 32.2 Å². The van der Waals surface area contributed by atoms with Gasteiger partial charge in [-0.3, -0.25) is 9.52 Å². The zero-order valence-corrected chi connectivity index (χ0v) is 25.4. The Labute approximate surface area is 261 Å². The molecule has 6 aromatic rings. The van der Waals surface area contributed by atoms with Gasteiger partial charge in [-0.1, -0.05) is 41.9 Å². The first-order chi connectivity index (χ1) is 21.6. The molecule has 3 heterocycles. The van der Waals surface area contributed by atoms with Crippen molar-refractivity contribution in [3.05, 3.63) is 108 Å². The molecule has 0 aliphatic rings. The van der Waals surface area contributed by atoms with E-state index in [2.05, 4.69) is 20.0 Å². The number of fused-ring (bicyclic) bond motifs is 2. The Kier molecular flexibility index (Phi) is 7.81. The lowest BCUT2D eigenvalue weighted by Crippen LogP contribution is -2.25. The van der Waals surface area contributed by atoms with Gasteiger partial charge in [0.15, 0.2) is 11.6 Å². The molecule has 0 aliphatic heterocycles. The maximum Gasteiger partial charge on any atom is 0.263 e. The maximum absolute atomic E-state index is 15.7. The summed E-state index contributed by atoms with van der Waals surface area (Å²) in [6.07, 6.45) is 2.90. The molecule has 0 fully saturated rings. The molecule has 2 N–H and O–H groups in total. The fourth-order valence-corrected chi connectivity index (χ4v) is 6.35. The Morgan fingerprint density at radius 3 is 2.53 bits per heavy atom. The van der Waals surface area contributed by atoms with Crippen molar-refractivity contribution >= 4 is 66.7 Å². The molecule has 0 spiro atoms. The third-order valence-corrected chi connectivity index (χ3v) is 9.05. The third kappa shape index (κ3) is 5.51. The summed E-state index contributed by atoms with van der Waals surface area (Å²) in [5.74, 6) is -2.01. The van der Waals surface area contributed by atoms with Gasteiger partial charge in [0.05, 0.1) is 27.3 Å². The van der Waals surface area contributed by atoms with Crippen LogP contribution in [0.25, 0.3) is 27.8 Å². The van der Waals surface area contributed by atoms with E-state index in [1.165, 1.54) is 24.5 Å². The molecule has 0 radical (unpaired) electrons. The highest BCUT2D eigenvalue weighted by Crippen LogP contribution is 2.33. The summed E-state index contributed by atoms with van der Waals surface area (Å²) >= 11 is 6.03. The zero-order chi connectivity index (χ0) is 31.9. The minimum absolute atomic E-state index is 0.0377. The zero-order valence-electron chi connectivity index (χ0n) is 23.8. The van der Waals surface area contributed by atoms with Crippen molar-refractivity contribution in [3.63, 3.8) is 0 Å². The van der Waals surface area contributed by atoms with Gasteiger partial charge in [-0.15, -0.1) is 0 Å². The van der Waals surface area contributed by atoms with E-state index in [1.54, 1.807) is 40.9 Å². The van der Waals surface area contributed by atoms with Crippen LogP contribution in [0.2, 0.25) is 5.02 Å². The van der Waals surface area contributed by atoms with Gasteiger partial charge in [-0.2, -0.15) is 0 Å². The summed E-state index contributed by atoms with van der Waals surface area (Å²) in [6, 6.07) is 18.3. The van der Waals surface area contributed by atoms with E-state index < -0.39 is 33.0 Å². The van der Waals surface area contributed by atoms with Gasteiger partial charge in [0, 0.05) is 25.2 Å². The van der Waals surface area contributed by atoms with Crippen molar-refractivity contribution in [2.45, 2.75) is 11.8 Å². The number of amides is 1. The fraction of sp³-hybridized carbons (Fsp3) is 0.0968. The van der Waals surface area contributed by atoms with Crippen LogP contribution in [0.5, 0.6) is 0 Å². The van der Waals surface area contributed by atoms with Crippen molar-refractivity contribution in [2.75, 3.05) is 23.6 Å². The second kappa shape index (κ2) is 11.7. The molecule has 6 rings (SSSR count). The number of hydrogen-bond acceptors (Lipinski definition) is 7. The van der Waals surface area contributed by atoms with E-state index in [0.29, 0.717) is 23.4 Å². The number of carbonyl (C=O) groups is 1. The molecule has 0 saturated heterocycles. The molecule has 3 aromatic heterocycles. The molecule has 45 heavy (non-hydrogen) atoms. The molecule has 0 saturated carbocycles. The highest BCUT2D eigenvalue weighted by Gasteiger charge is 2.23. The Bertz CT molecular complexity index is 2230. The summed E-state index contributed by atoms with van der Waals surface area (Å²) in [7, 11) is -2.59. The molecule has 3 aromatic carbocycles. The second-order valence-corrected chi connectivity index (χ2v) is 12.0. The summed E-state index contributed by atoms with van der Waals surface area (Å²) in [6.45, 7) is 2.40. The van der Waals surface area contributed by atoms with Gasteiger partial charge in [0.25, 0.3) is 15.9 Å². The Hall–Kier alpha value is -5.14. The Morgan fingerprint density at radius 2 is 1.76 bits per heavy atom. The van der Waals surface area contributed by atoms with Crippen LogP contribution >= 0.6 is 11.6 Å². The van der Waals surface area contributed by atoms with Gasteiger partial charge < -0.3 is 14.8 Å². The van der Waals surface area contributed by atoms with Crippen LogP contribution in [-0.2, 0) is 10.0 Å². The van der Waals surface area contributed by atoms with Crippen LogP contribution in [0.3, 0.4) is 0 Å². The first kappa shape index (κ1) is 29.9. The van der Waals surface area contributed by atoms with Crippen molar-refractivity contribution in [1.29, 1.82) is 0 Å². The van der Waals surface area contributed by atoms with E-state index in [9.17, 15) is 13.2 Å². The van der Waals surface area contributed by atoms with E-state index in [4.69, 9.17) is 16.6 Å². The first-order valence-electron chi connectivity index (χ1n) is 13.6. The Balaban J connectivity index is 1.41. The summed E-state index contributed by atoms with van der Waals surface area (Å²) in [5, 5.41) is 3.29. The lowest BCUT2D eigenvalue weighted by molar-refractivity contribution is 0.0804. The van der Waals surface area contributed by atoms with Crippen LogP contribution in [0.15, 0.2) is 90.2 Å². The Morgan fingerprint density at radius 1 is 1.00 bits per heavy atom. The topological polar surface area (TPSA) is 122 Å². The highest BCUT2D eigenvalue weighted by molar-refractivity contribution is 7.92. The normalized spacial score (nSPS) is 11.6. The monoisotopic (exact) mass is 647 g/mol. The van der Waals surface area contributed by atoms with Crippen molar-refractivity contribution < 1.29 is 22.0 Å². The molecule has 0 atom stereocenters. The molecule has 0 unspecified atom stereocenters.